The van der Waals surface area contributed by atoms with Crippen molar-refractivity contribution in [1.29, 1.82) is 0 Å². The van der Waals surface area contributed by atoms with Crippen molar-refractivity contribution >= 4 is 49.2 Å². The Balaban J connectivity index is 1.53. The highest BCUT2D eigenvalue weighted by atomic mass is 32.1. The van der Waals surface area contributed by atoms with Crippen LogP contribution in [0.15, 0.2) is 6.07 Å². The van der Waals surface area contributed by atoms with Crippen LogP contribution in [0.2, 0.25) is 0 Å². The third kappa shape index (κ3) is 4.17. The van der Waals surface area contributed by atoms with Crippen molar-refractivity contribution in [2.75, 3.05) is 25.6 Å². The van der Waals surface area contributed by atoms with Gasteiger partial charge in [0.05, 0.1) is 4.70 Å². The van der Waals surface area contributed by atoms with Crippen LogP contribution in [0.25, 0.3) is 9.53 Å². The van der Waals surface area contributed by atoms with Gasteiger partial charge in [-0.15, -0.1) is 11.3 Å². The van der Waals surface area contributed by atoms with E-state index in [0.29, 0.717) is 16.7 Å². The number of anilines is 1. The minimum Gasteiger partial charge on any atom is -0.451 e. The average molecular weight is 396 g/mol. The maximum atomic E-state index is 12.2. The summed E-state index contributed by atoms with van der Waals surface area (Å²) in [6, 6.07) is 1.96. The average Bonchev–Trinajstić information content (AvgIpc) is 3.16. The summed E-state index contributed by atoms with van der Waals surface area (Å²) in [7, 11) is 3.87. The zero-order valence-electron chi connectivity index (χ0n) is 15.6. The molecule has 0 bridgehead atoms. The Labute approximate surface area is 161 Å². The normalized spacial score (nSPS) is 23.0. The Morgan fingerprint density at radius 3 is 2.77 bits per heavy atom. The van der Waals surface area contributed by atoms with Gasteiger partial charge >= 0.3 is 5.97 Å². The molecule has 142 valence electrons. The third-order valence-electron chi connectivity index (χ3n) is 5.05. The summed E-state index contributed by atoms with van der Waals surface area (Å²) in [6.07, 6.45) is 3.33. The highest BCUT2D eigenvalue weighted by Crippen LogP contribution is 2.34. The quantitative estimate of drug-likeness (QED) is 0.784. The number of ether oxygens (including phenoxy) is 1. The first kappa shape index (κ1) is 19.1. The number of amides is 1. The van der Waals surface area contributed by atoms with Gasteiger partial charge in [0.15, 0.2) is 11.7 Å². The van der Waals surface area contributed by atoms with Crippen molar-refractivity contribution in [3.63, 3.8) is 0 Å². The zero-order valence-corrected chi connectivity index (χ0v) is 17.2. The molecule has 0 radical (unpaired) electrons. The molecule has 1 saturated carbocycles. The molecule has 1 fully saturated rings. The van der Waals surface area contributed by atoms with Gasteiger partial charge in [0.1, 0.15) is 9.71 Å². The number of aromatic nitrogens is 1. The minimum atomic E-state index is -0.466. The Morgan fingerprint density at radius 1 is 1.31 bits per heavy atom. The van der Waals surface area contributed by atoms with Crippen molar-refractivity contribution in [1.82, 2.24) is 10.3 Å². The lowest BCUT2D eigenvalue weighted by molar-refractivity contribution is -0.125. The lowest BCUT2D eigenvalue weighted by Crippen LogP contribution is -2.45. The number of nitrogens with one attached hydrogen (secondary N) is 1. The number of thiophene rings is 1. The van der Waals surface area contributed by atoms with Gasteiger partial charge in [-0.25, -0.2) is 9.78 Å². The first-order valence-electron chi connectivity index (χ1n) is 8.89. The molecule has 3 atom stereocenters. The molecular formula is C18H25N3O3S2. The lowest BCUT2D eigenvalue weighted by atomic mass is 9.78. The Kier molecular flexibility index (Phi) is 5.82. The smallest absolute Gasteiger partial charge is 0.348 e. The van der Waals surface area contributed by atoms with Crippen LogP contribution in [0, 0.1) is 11.8 Å². The van der Waals surface area contributed by atoms with Crippen LogP contribution in [-0.2, 0) is 9.53 Å². The van der Waals surface area contributed by atoms with E-state index in [1.807, 2.05) is 19.0 Å². The van der Waals surface area contributed by atoms with Crippen LogP contribution < -0.4 is 10.2 Å². The van der Waals surface area contributed by atoms with Crippen LogP contribution in [0.3, 0.4) is 0 Å². The van der Waals surface area contributed by atoms with Crippen LogP contribution in [0.4, 0.5) is 5.13 Å². The molecule has 1 amide bonds. The van der Waals surface area contributed by atoms with E-state index in [9.17, 15) is 9.59 Å². The number of hydrogen-bond donors (Lipinski definition) is 1. The number of carbonyl (C=O) groups is 2. The molecule has 0 aliphatic heterocycles. The lowest BCUT2D eigenvalue weighted by Gasteiger charge is -2.34. The molecular weight excluding hydrogens is 370 g/mol. The molecule has 1 aliphatic rings. The van der Waals surface area contributed by atoms with Gasteiger partial charge in [-0.2, -0.15) is 0 Å². The fourth-order valence-electron chi connectivity index (χ4n) is 3.25. The first-order chi connectivity index (χ1) is 12.3. The van der Waals surface area contributed by atoms with Crippen LogP contribution in [0.1, 0.15) is 42.8 Å². The van der Waals surface area contributed by atoms with E-state index in [-0.39, 0.29) is 18.6 Å². The minimum absolute atomic E-state index is 0.172. The Hall–Kier alpha value is -1.67. The summed E-state index contributed by atoms with van der Waals surface area (Å²) in [5.41, 5.74) is 0. The number of carbonyl (C=O) groups excluding carboxylic acids is 2. The molecule has 0 unspecified atom stereocenters. The van der Waals surface area contributed by atoms with Crippen LogP contribution >= 0.6 is 22.7 Å². The second kappa shape index (κ2) is 7.92. The SMILES string of the molecule is C[C@H]1[C@H](C)CCC[C@@H]1NC(=O)COC(=O)c1cc2sc(N(C)C)nc2s1. The van der Waals surface area contributed by atoms with Gasteiger partial charge < -0.3 is 15.0 Å². The van der Waals surface area contributed by atoms with Crippen LogP contribution in [-0.4, -0.2) is 43.6 Å². The molecule has 6 nitrogen and oxygen atoms in total. The topological polar surface area (TPSA) is 71.5 Å². The van der Waals surface area contributed by atoms with Gasteiger partial charge in [-0.05, 0) is 24.3 Å². The van der Waals surface area contributed by atoms with E-state index in [0.717, 1.165) is 27.5 Å². The van der Waals surface area contributed by atoms with Crippen molar-refractivity contribution in [2.24, 2.45) is 11.8 Å². The second-order valence-corrected chi connectivity index (χ2v) is 9.23. The van der Waals surface area contributed by atoms with Crippen molar-refractivity contribution < 1.29 is 14.3 Å². The van der Waals surface area contributed by atoms with E-state index in [4.69, 9.17) is 4.74 Å². The summed E-state index contributed by atoms with van der Waals surface area (Å²) in [5, 5.41) is 3.92. The molecule has 26 heavy (non-hydrogen) atoms. The van der Waals surface area contributed by atoms with Crippen molar-refractivity contribution in [2.45, 2.75) is 39.2 Å². The van der Waals surface area contributed by atoms with Gasteiger partial charge in [0.2, 0.25) is 0 Å². The third-order valence-corrected chi connectivity index (χ3v) is 7.36. The van der Waals surface area contributed by atoms with E-state index in [2.05, 4.69) is 24.1 Å². The number of rotatable bonds is 5. The maximum Gasteiger partial charge on any atom is 0.348 e. The number of esters is 1. The molecule has 0 saturated heterocycles. The summed E-state index contributed by atoms with van der Waals surface area (Å²) in [4.78, 5) is 32.1. The predicted molar refractivity (Wildman–Crippen MR) is 106 cm³/mol. The summed E-state index contributed by atoms with van der Waals surface area (Å²) in [5.74, 6) is 0.363. The highest BCUT2D eigenvalue weighted by Gasteiger charge is 2.28. The van der Waals surface area contributed by atoms with Gasteiger partial charge in [0, 0.05) is 20.1 Å². The molecule has 1 N–H and O–H groups in total. The van der Waals surface area contributed by atoms with Gasteiger partial charge in [-0.3, -0.25) is 4.79 Å². The number of fused-ring (bicyclic) bond motifs is 1. The molecule has 1 aliphatic carbocycles. The zero-order chi connectivity index (χ0) is 18.8. The molecule has 2 aromatic rings. The first-order valence-corrected chi connectivity index (χ1v) is 10.5. The maximum absolute atomic E-state index is 12.2. The molecule has 2 aromatic heterocycles. The molecule has 8 heteroatoms. The van der Waals surface area contributed by atoms with E-state index in [1.165, 1.54) is 29.1 Å². The monoisotopic (exact) mass is 395 g/mol. The predicted octanol–water partition coefficient (Wildman–Crippen LogP) is 3.52. The van der Waals surface area contributed by atoms with Crippen molar-refractivity contribution in [3.8, 4) is 0 Å². The largest absolute Gasteiger partial charge is 0.451 e. The van der Waals surface area contributed by atoms with Gasteiger partial charge in [0.25, 0.3) is 5.91 Å². The van der Waals surface area contributed by atoms with E-state index >= 15 is 0 Å². The fourth-order valence-corrected chi connectivity index (χ4v) is 5.28. The molecule has 0 spiro atoms. The molecule has 0 aromatic carbocycles. The Morgan fingerprint density at radius 2 is 2.08 bits per heavy atom. The summed E-state index contributed by atoms with van der Waals surface area (Å²) in [6.45, 7) is 4.16. The van der Waals surface area contributed by atoms with Crippen molar-refractivity contribution in [3.05, 3.63) is 10.9 Å². The fraction of sp³-hybridized carbons (Fsp3) is 0.611. The summed E-state index contributed by atoms with van der Waals surface area (Å²) < 4.78 is 6.15. The summed E-state index contributed by atoms with van der Waals surface area (Å²) >= 11 is 2.83. The number of hydrogen-bond acceptors (Lipinski definition) is 7. The molecule has 2 heterocycles. The standard InChI is InChI=1S/C18H25N3O3S2/c1-10-6-5-7-12(11(10)2)19-15(22)9-24-17(23)14-8-13-16(25-14)20-18(26-13)21(3)4/h8,10-12H,5-7,9H2,1-4H3,(H,19,22)/t10-,11+,12+/m1/s1. The van der Waals surface area contributed by atoms with E-state index < -0.39 is 5.97 Å². The highest BCUT2D eigenvalue weighted by molar-refractivity contribution is 7.29. The number of thiazole rings is 1. The second-order valence-electron chi connectivity index (χ2n) is 7.19. The van der Waals surface area contributed by atoms with E-state index in [1.54, 1.807) is 6.07 Å². The van der Waals surface area contributed by atoms with Gasteiger partial charge in [-0.1, -0.05) is 38.0 Å². The number of nitrogens with zero attached hydrogens (tertiary/aromatic N) is 2. The van der Waals surface area contributed by atoms with Crippen LogP contribution in [0.5, 0.6) is 0 Å². The Bertz CT molecular complexity index is 767. The molecule has 3 rings (SSSR count).